The number of ether oxygens (including phenoxy) is 2. The standard InChI is InChI=1S/C31H30BrN3O4/c32-28-17-14-26(15-18-29(36)38-22-24-10-4-1-5-11-24)31(33-34-35-20-8-3-9-21-35)27(28)16-19-30(37)39-23-25-12-6-2-7-13-25/h1-2,4-7,10-19H,3,8-9,20-23H2/b18-15+,19-16+,34-33?. The molecule has 0 spiro atoms. The van der Waals surface area contributed by atoms with E-state index in [0.717, 1.165) is 41.5 Å². The van der Waals surface area contributed by atoms with Gasteiger partial charge in [0.15, 0.2) is 0 Å². The molecular formula is C31H30BrN3O4. The summed E-state index contributed by atoms with van der Waals surface area (Å²) < 4.78 is 11.5. The lowest BCUT2D eigenvalue weighted by Crippen LogP contribution is -2.23. The molecule has 0 unspecified atom stereocenters. The van der Waals surface area contributed by atoms with Gasteiger partial charge < -0.3 is 9.47 Å². The van der Waals surface area contributed by atoms with E-state index < -0.39 is 11.9 Å². The number of carbonyl (C=O) groups is 2. The van der Waals surface area contributed by atoms with Crippen molar-refractivity contribution in [3.05, 3.63) is 112 Å². The maximum Gasteiger partial charge on any atom is 0.331 e. The van der Waals surface area contributed by atoms with Crippen LogP contribution in [0.15, 0.2) is 99.8 Å². The largest absolute Gasteiger partial charge is 0.458 e. The van der Waals surface area contributed by atoms with E-state index in [-0.39, 0.29) is 13.2 Å². The van der Waals surface area contributed by atoms with Crippen LogP contribution in [0.3, 0.4) is 0 Å². The predicted molar refractivity (Wildman–Crippen MR) is 155 cm³/mol. The van der Waals surface area contributed by atoms with Crippen LogP contribution < -0.4 is 0 Å². The summed E-state index contributed by atoms with van der Waals surface area (Å²) in [5.74, 6) is -0.947. The second kappa shape index (κ2) is 14.8. The maximum absolute atomic E-state index is 12.4. The molecule has 8 heteroatoms. The van der Waals surface area contributed by atoms with E-state index in [0.29, 0.717) is 16.8 Å². The van der Waals surface area contributed by atoms with Crippen molar-refractivity contribution in [1.82, 2.24) is 5.01 Å². The normalized spacial score (nSPS) is 13.8. The van der Waals surface area contributed by atoms with Gasteiger partial charge >= 0.3 is 11.9 Å². The molecule has 39 heavy (non-hydrogen) atoms. The van der Waals surface area contributed by atoms with E-state index in [2.05, 4.69) is 26.3 Å². The molecule has 1 heterocycles. The molecule has 200 valence electrons. The molecule has 1 aliphatic rings. The Morgan fingerprint density at radius 1 is 0.769 bits per heavy atom. The summed E-state index contributed by atoms with van der Waals surface area (Å²) in [4.78, 5) is 24.9. The third kappa shape index (κ3) is 9.04. The van der Waals surface area contributed by atoms with Gasteiger partial charge in [-0.3, -0.25) is 5.01 Å². The smallest absolute Gasteiger partial charge is 0.331 e. The van der Waals surface area contributed by atoms with E-state index in [1.54, 1.807) is 12.2 Å². The maximum atomic E-state index is 12.4. The zero-order valence-corrected chi connectivity index (χ0v) is 23.1. The van der Waals surface area contributed by atoms with E-state index in [1.165, 1.54) is 18.6 Å². The lowest BCUT2D eigenvalue weighted by atomic mass is 10.1. The van der Waals surface area contributed by atoms with Crippen molar-refractivity contribution in [2.75, 3.05) is 13.1 Å². The lowest BCUT2D eigenvalue weighted by molar-refractivity contribution is -0.139. The molecule has 0 aliphatic carbocycles. The number of piperidine rings is 1. The quantitative estimate of drug-likeness (QED) is 0.140. The summed E-state index contributed by atoms with van der Waals surface area (Å²) in [6.45, 7) is 2.04. The van der Waals surface area contributed by atoms with Crippen LogP contribution in [0.2, 0.25) is 0 Å². The molecule has 3 aromatic carbocycles. The summed E-state index contributed by atoms with van der Waals surface area (Å²) in [5, 5.41) is 10.9. The van der Waals surface area contributed by atoms with Gasteiger partial charge in [-0.15, -0.1) is 5.11 Å². The molecule has 0 radical (unpaired) electrons. The van der Waals surface area contributed by atoms with Gasteiger partial charge in [-0.2, -0.15) is 0 Å². The van der Waals surface area contributed by atoms with Crippen LogP contribution in [0.1, 0.15) is 41.5 Å². The molecule has 0 amide bonds. The molecule has 3 aromatic rings. The lowest BCUT2D eigenvalue weighted by Gasteiger charge is -2.22. The Morgan fingerprint density at radius 2 is 1.33 bits per heavy atom. The van der Waals surface area contributed by atoms with Crippen molar-refractivity contribution in [2.45, 2.75) is 32.5 Å². The van der Waals surface area contributed by atoms with Gasteiger partial charge in [0, 0.05) is 40.8 Å². The first-order valence-electron chi connectivity index (χ1n) is 12.8. The average molecular weight is 589 g/mol. The van der Waals surface area contributed by atoms with E-state index in [9.17, 15) is 9.59 Å². The third-order valence-corrected chi connectivity index (χ3v) is 6.72. The predicted octanol–water partition coefficient (Wildman–Crippen LogP) is 7.45. The van der Waals surface area contributed by atoms with Crippen LogP contribution >= 0.6 is 15.9 Å². The Labute approximate surface area is 236 Å². The minimum absolute atomic E-state index is 0.181. The third-order valence-electron chi connectivity index (χ3n) is 6.03. The fraction of sp³-hybridized carbons (Fsp3) is 0.226. The number of benzene rings is 3. The highest BCUT2D eigenvalue weighted by molar-refractivity contribution is 9.10. The number of hydrogen-bond acceptors (Lipinski definition) is 6. The zero-order chi connectivity index (χ0) is 27.3. The van der Waals surface area contributed by atoms with E-state index >= 15 is 0 Å². The Balaban J connectivity index is 1.52. The molecule has 0 atom stereocenters. The molecule has 1 aliphatic heterocycles. The Kier molecular flexibility index (Phi) is 10.6. The first kappa shape index (κ1) is 28.0. The number of hydrogen-bond donors (Lipinski definition) is 0. The average Bonchev–Trinajstić information content (AvgIpc) is 2.98. The van der Waals surface area contributed by atoms with Crippen molar-refractivity contribution >= 4 is 45.7 Å². The summed E-state index contributed by atoms with van der Waals surface area (Å²) in [6.07, 6.45) is 9.34. The van der Waals surface area contributed by atoms with Crippen LogP contribution in [-0.4, -0.2) is 30.0 Å². The van der Waals surface area contributed by atoms with Gasteiger partial charge in [-0.1, -0.05) is 87.9 Å². The SMILES string of the molecule is O=C(/C=C/c1ccc(Br)c(/C=C/C(=O)OCc2ccccc2)c1N=NN1CCCCC1)OCc1ccccc1. The van der Waals surface area contributed by atoms with Gasteiger partial charge in [0.2, 0.25) is 0 Å². The second-order valence-electron chi connectivity index (χ2n) is 8.96. The number of esters is 2. The molecule has 0 aromatic heterocycles. The summed E-state index contributed by atoms with van der Waals surface area (Å²) >= 11 is 3.57. The highest BCUT2D eigenvalue weighted by atomic mass is 79.9. The number of halogens is 1. The number of rotatable bonds is 10. The Morgan fingerprint density at radius 3 is 1.92 bits per heavy atom. The molecular weight excluding hydrogens is 558 g/mol. The first-order valence-corrected chi connectivity index (χ1v) is 13.6. The van der Waals surface area contributed by atoms with Crippen LogP contribution in [0, 0.1) is 0 Å². The van der Waals surface area contributed by atoms with Gasteiger partial charge in [-0.25, -0.2) is 9.59 Å². The van der Waals surface area contributed by atoms with Crippen LogP contribution in [-0.2, 0) is 32.3 Å². The molecule has 0 N–H and O–H groups in total. The van der Waals surface area contributed by atoms with Gasteiger partial charge in [0.25, 0.3) is 0 Å². The van der Waals surface area contributed by atoms with Crippen molar-refractivity contribution in [2.24, 2.45) is 10.3 Å². The molecule has 7 nitrogen and oxygen atoms in total. The summed E-state index contributed by atoms with van der Waals surface area (Å²) in [5.41, 5.74) is 3.64. The van der Waals surface area contributed by atoms with Gasteiger partial charge in [0.05, 0.1) is 0 Å². The minimum Gasteiger partial charge on any atom is -0.458 e. The van der Waals surface area contributed by atoms with Gasteiger partial charge in [0.1, 0.15) is 18.9 Å². The second-order valence-corrected chi connectivity index (χ2v) is 9.81. The highest BCUT2D eigenvalue weighted by Gasteiger charge is 2.13. The highest BCUT2D eigenvalue weighted by Crippen LogP contribution is 2.34. The summed E-state index contributed by atoms with van der Waals surface area (Å²) in [7, 11) is 0. The molecule has 1 fully saturated rings. The molecule has 0 bridgehead atoms. The first-order chi connectivity index (χ1) is 19.1. The summed E-state index contributed by atoms with van der Waals surface area (Å²) in [6, 6.07) is 22.7. The zero-order valence-electron chi connectivity index (χ0n) is 21.5. The van der Waals surface area contributed by atoms with E-state index in [4.69, 9.17) is 9.47 Å². The van der Waals surface area contributed by atoms with Crippen molar-refractivity contribution in [3.8, 4) is 0 Å². The number of carbonyl (C=O) groups excluding carboxylic acids is 2. The van der Waals surface area contributed by atoms with Crippen LogP contribution in [0.4, 0.5) is 5.69 Å². The Hall–Kier alpha value is -4.04. The minimum atomic E-state index is -0.477. The Bertz CT molecular complexity index is 1330. The number of nitrogens with zero attached hydrogens (tertiary/aromatic N) is 3. The van der Waals surface area contributed by atoms with Crippen LogP contribution in [0.5, 0.6) is 0 Å². The topological polar surface area (TPSA) is 80.6 Å². The van der Waals surface area contributed by atoms with Crippen molar-refractivity contribution in [1.29, 1.82) is 0 Å². The van der Waals surface area contributed by atoms with Crippen molar-refractivity contribution in [3.63, 3.8) is 0 Å². The molecule has 4 rings (SSSR count). The van der Waals surface area contributed by atoms with E-state index in [1.807, 2.05) is 77.8 Å². The fourth-order valence-corrected chi connectivity index (χ4v) is 4.39. The van der Waals surface area contributed by atoms with Gasteiger partial charge in [-0.05, 0) is 48.6 Å². The molecule has 1 saturated heterocycles. The van der Waals surface area contributed by atoms with Crippen LogP contribution in [0.25, 0.3) is 12.2 Å². The monoisotopic (exact) mass is 587 g/mol. The van der Waals surface area contributed by atoms with Crippen molar-refractivity contribution < 1.29 is 19.1 Å². The fourth-order valence-electron chi connectivity index (χ4n) is 3.94. The molecule has 0 saturated carbocycles.